The van der Waals surface area contributed by atoms with Gasteiger partial charge in [-0.25, -0.2) is 0 Å². The third-order valence-electron chi connectivity index (χ3n) is 9.33. The Balaban J connectivity index is 1.25. The minimum Gasteiger partial charge on any atom is -0.309 e. The fraction of sp³-hybridized carbons (Fsp3) is 0.0222. The van der Waals surface area contributed by atoms with E-state index in [1.807, 2.05) is 67.6 Å². The zero-order valence-electron chi connectivity index (χ0n) is 26.9. The van der Waals surface area contributed by atoms with E-state index < -0.39 is 0 Å². The molecule has 4 heteroatoms. The highest BCUT2D eigenvalue weighted by molar-refractivity contribution is 6.10. The smallest absolute Gasteiger partial charge is 0.101 e. The van der Waals surface area contributed by atoms with Crippen LogP contribution in [-0.4, -0.2) is 9.13 Å². The van der Waals surface area contributed by atoms with Crippen LogP contribution in [0.4, 0.5) is 0 Å². The van der Waals surface area contributed by atoms with E-state index in [2.05, 4.69) is 119 Å². The molecular formula is C45H30N4. The number of benzene rings is 6. The van der Waals surface area contributed by atoms with Crippen LogP contribution in [0.15, 0.2) is 146 Å². The van der Waals surface area contributed by atoms with E-state index in [0.717, 1.165) is 72.2 Å². The van der Waals surface area contributed by atoms with Gasteiger partial charge in [0.1, 0.15) is 6.07 Å². The highest BCUT2D eigenvalue weighted by atomic mass is 15.0. The maximum absolute atomic E-state index is 10.5. The molecule has 230 valence electrons. The molecule has 0 unspecified atom stereocenters. The number of nitrogens with zero attached hydrogens (tertiary/aromatic N) is 4. The van der Waals surface area contributed by atoms with E-state index in [1.54, 1.807) is 0 Å². The summed E-state index contributed by atoms with van der Waals surface area (Å²) >= 11 is 0. The number of para-hydroxylation sites is 4. The van der Waals surface area contributed by atoms with Crippen LogP contribution in [0.5, 0.6) is 0 Å². The Morgan fingerprint density at radius 1 is 0.571 bits per heavy atom. The first-order chi connectivity index (χ1) is 24.2. The Bertz CT molecular complexity index is 2650. The van der Waals surface area contributed by atoms with Gasteiger partial charge in [-0.15, -0.1) is 0 Å². The normalized spacial score (nSPS) is 11.3. The number of fused-ring (bicyclic) bond motifs is 4. The number of allylic oxidation sites excluding steroid dienone is 1. The van der Waals surface area contributed by atoms with Crippen LogP contribution in [0.3, 0.4) is 0 Å². The van der Waals surface area contributed by atoms with Crippen molar-refractivity contribution in [3.05, 3.63) is 168 Å². The summed E-state index contributed by atoms with van der Waals surface area (Å²) in [5.74, 6) is 0. The van der Waals surface area contributed by atoms with E-state index in [0.29, 0.717) is 11.1 Å². The fourth-order valence-corrected chi connectivity index (χ4v) is 7.22. The fourth-order valence-electron chi connectivity index (χ4n) is 7.22. The van der Waals surface area contributed by atoms with Crippen LogP contribution in [0.1, 0.15) is 29.3 Å². The molecule has 2 heterocycles. The molecule has 0 atom stereocenters. The SMILES string of the molecule is C=Cc1c(/C=C\C)c2ccccc2n1-c1ccc(-c2ccc(-c3cccc(C#N)c3-n3c4ccccc4c4ccccc43)c(C#N)c2)cc1. The topological polar surface area (TPSA) is 57.4 Å². The predicted molar refractivity (Wildman–Crippen MR) is 203 cm³/mol. The van der Waals surface area contributed by atoms with Crippen molar-refractivity contribution in [1.82, 2.24) is 9.13 Å². The molecule has 0 aliphatic heterocycles. The lowest BCUT2D eigenvalue weighted by Crippen LogP contribution is -2.01. The molecule has 2 aromatic heterocycles. The highest BCUT2D eigenvalue weighted by Gasteiger charge is 2.21. The lowest BCUT2D eigenvalue weighted by atomic mass is 9.93. The molecular weight excluding hydrogens is 597 g/mol. The third kappa shape index (κ3) is 4.67. The average Bonchev–Trinajstić information content (AvgIpc) is 3.66. The van der Waals surface area contributed by atoms with Crippen molar-refractivity contribution in [1.29, 1.82) is 10.5 Å². The van der Waals surface area contributed by atoms with Crippen molar-refractivity contribution in [2.45, 2.75) is 6.92 Å². The van der Waals surface area contributed by atoms with Crippen molar-refractivity contribution in [3.63, 3.8) is 0 Å². The summed E-state index contributed by atoms with van der Waals surface area (Å²) in [7, 11) is 0. The van der Waals surface area contributed by atoms with E-state index in [9.17, 15) is 10.5 Å². The van der Waals surface area contributed by atoms with Crippen LogP contribution in [0.2, 0.25) is 0 Å². The molecule has 6 aromatic carbocycles. The number of rotatable bonds is 6. The van der Waals surface area contributed by atoms with Crippen molar-refractivity contribution in [3.8, 4) is 45.8 Å². The summed E-state index contributed by atoms with van der Waals surface area (Å²) in [6.45, 7) is 6.16. The molecule has 0 saturated carbocycles. The van der Waals surface area contributed by atoms with Gasteiger partial charge in [0.25, 0.3) is 0 Å². The molecule has 4 nitrogen and oxygen atoms in total. The molecule has 0 aliphatic carbocycles. The Hall–Kier alpha value is -6.88. The Morgan fingerprint density at radius 2 is 1.16 bits per heavy atom. The maximum atomic E-state index is 10.5. The monoisotopic (exact) mass is 626 g/mol. The van der Waals surface area contributed by atoms with Gasteiger partial charge < -0.3 is 9.13 Å². The zero-order valence-corrected chi connectivity index (χ0v) is 26.9. The van der Waals surface area contributed by atoms with Gasteiger partial charge in [0.05, 0.1) is 45.1 Å². The standard InChI is InChI=1S/C45H30N4/c1-3-12-36-37-14-5-8-18-42(37)48(41(36)4-2)34-24-21-30(22-25-34)31-23-26-35(33(27-31)29-47)40-17-11-13-32(28-46)45(40)49-43-19-9-6-15-38(43)39-16-7-10-20-44(39)49/h3-27H,2H2,1H3/b12-3-. The molecule has 8 rings (SSSR count). The molecule has 0 radical (unpaired) electrons. The minimum atomic E-state index is 0.542. The maximum Gasteiger partial charge on any atom is 0.101 e. The Labute approximate surface area is 285 Å². The summed E-state index contributed by atoms with van der Waals surface area (Å²) in [6, 6.07) is 50.0. The van der Waals surface area contributed by atoms with E-state index >= 15 is 0 Å². The van der Waals surface area contributed by atoms with Crippen LogP contribution in [0, 0.1) is 22.7 Å². The molecule has 0 spiro atoms. The number of hydrogen-bond acceptors (Lipinski definition) is 2. The van der Waals surface area contributed by atoms with Gasteiger partial charge >= 0.3 is 0 Å². The number of nitriles is 2. The molecule has 0 amide bonds. The Morgan fingerprint density at radius 3 is 1.78 bits per heavy atom. The molecule has 8 aromatic rings. The van der Waals surface area contributed by atoms with Crippen molar-refractivity contribution in [2.24, 2.45) is 0 Å². The summed E-state index contributed by atoms with van der Waals surface area (Å²) < 4.78 is 4.40. The molecule has 49 heavy (non-hydrogen) atoms. The van der Waals surface area contributed by atoms with Crippen LogP contribution in [0.25, 0.3) is 78.5 Å². The van der Waals surface area contributed by atoms with Gasteiger partial charge in [-0.3, -0.25) is 0 Å². The van der Waals surface area contributed by atoms with Gasteiger partial charge in [-0.2, -0.15) is 10.5 Å². The first-order valence-electron chi connectivity index (χ1n) is 16.2. The second-order valence-electron chi connectivity index (χ2n) is 12.0. The van der Waals surface area contributed by atoms with E-state index in [4.69, 9.17) is 0 Å². The molecule has 0 N–H and O–H groups in total. The van der Waals surface area contributed by atoms with Gasteiger partial charge in [0.15, 0.2) is 0 Å². The van der Waals surface area contributed by atoms with Crippen LogP contribution in [-0.2, 0) is 0 Å². The molecule has 0 bridgehead atoms. The summed E-state index contributed by atoms with van der Waals surface area (Å²) in [4.78, 5) is 0. The first kappa shape index (κ1) is 29.5. The molecule has 0 fully saturated rings. The predicted octanol–water partition coefficient (Wildman–Crippen LogP) is 11.5. The quantitative estimate of drug-likeness (QED) is 0.184. The van der Waals surface area contributed by atoms with Gasteiger partial charge in [0, 0.05) is 38.5 Å². The van der Waals surface area contributed by atoms with Crippen molar-refractivity contribution in [2.75, 3.05) is 0 Å². The average molecular weight is 627 g/mol. The summed E-state index contributed by atoms with van der Waals surface area (Å²) in [5.41, 5.74) is 11.8. The minimum absolute atomic E-state index is 0.542. The van der Waals surface area contributed by atoms with Gasteiger partial charge in [0.2, 0.25) is 0 Å². The second-order valence-corrected chi connectivity index (χ2v) is 12.0. The Kier molecular flexibility index (Phi) is 7.26. The first-order valence-corrected chi connectivity index (χ1v) is 16.2. The second kappa shape index (κ2) is 12.0. The molecule has 0 aliphatic rings. The summed E-state index contributed by atoms with van der Waals surface area (Å²) in [5, 5.41) is 24.2. The van der Waals surface area contributed by atoms with Crippen molar-refractivity contribution >= 4 is 44.9 Å². The van der Waals surface area contributed by atoms with Crippen LogP contribution < -0.4 is 0 Å². The number of hydrogen-bond donors (Lipinski definition) is 0. The lowest BCUT2D eigenvalue weighted by Gasteiger charge is -2.17. The van der Waals surface area contributed by atoms with Crippen LogP contribution >= 0.6 is 0 Å². The third-order valence-corrected chi connectivity index (χ3v) is 9.33. The van der Waals surface area contributed by atoms with Gasteiger partial charge in [-0.05, 0) is 66.6 Å². The van der Waals surface area contributed by atoms with Crippen molar-refractivity contribution < 1.29 is 0 Å². The molecule has 0 saturated heterocycles. The van der Waals surface area contributed by atoms with Gasteiger partial charge in [-0.1, -0.05) is 110 Å². The highest BCUT2D eigenvalue weighted by Crippen LogP contribution is 2.40. The van der Waals surface area contributed by atoms with E-state index in [-0.39, 0.29) is 0 Å². The van der Waals surface area contributed by atoms with E-state index in [1.165, 1.54) is 5.39 Å². The lowest BCUT2D eigenvalue weighted by molar-refractivity contribution is 1.11. The largest absolute Gasteiger partial charge is 0.309 e. The number of aromatic nitrogens is 2. The summed E-state index contributed by atoms with van der Waals surface area (Å²) in [6.07, 6.45) is 6.10. The zero-order chi connectivity index (χ0) is 33.5.